The second-order valence-electron chi connectivity index (χ2n) is 6.37. The van der Waals surface area contributed by atoms with Gasteiger partial charge in [-0.25, -0.2) is 5.09 Å². The van der Waals surface area contributed by atoms with Crippen LogP contribution in [-0.4, -0.2) is 43.4 Å². The third-order valence-electron chi connectivity index (χ3n) is 3.34. The number of hydrogen-bond acceptors (Lipinski definition) is 5. The number of carbonyl (C=O) groups is 2. The molecule has 0 saturated carbocycles. The molecular formula is C17H25Cl2N4O5P. The molecule has 0 aliphatic rings. The number of carbonyl (C=O) groups excluding carboxylic acids is 2. The van der Waals surface area contributed by atoms with Crippen LogP contribution < -0.4 is 16.1 Å². The molecule has 12 heteroatoms. The monoisotopic (exact) mass is 466 g/mol. The van der Waals surface area contributed by atoms with Crippen molar-refractivity contribution in [1.29, 1.82) is 0 Å². The average molecular weight is 467 g/mol. The molecule has 0 aliphatic carbocycles. The van der Waals surface area contributed by atoms with Crippen LogP contribution in [0.4, 0.5) is 0 Å². The highest BCUT2D eigenvalue weighted by Crippen LogP contribution is 2.43. The van der Waals surface area contributed by atoms with E-state index in [9.17, 15) is 14.2 Å². The van der Waals surface area contributed by atoms with Crippen LogP contribution in [0.15, 0.2) is 23.0 Å². The second kappa shape index (κ2) is 11.5. The summed E-state index contributed by atoms with van der Waals surface area (Å²) >= 11 is 12.1. The molecular weight excluding hydrogens is 442 g/mol. The van der Waals surface area contributed by atoms with Crippen molar-refractivity contribution in [3.8, 4) is 0 Å². The standard InChI is InChI=1S/C17H25Cl2N4O5P/c1-10(2)28-16(25)11(3)22-29(26,9-27-4)23-17(20)21-15(24)8-12-13(18)6-5-7-14(12)19/h5-7,10-11H,8-9H2,1-4H3,(H4,20,21,22,23,24,26)/t11-,29?/m0/s1. The van der Waals surface area contributed by atoms with E-state index in [0.29, 0.717) is 15.6 Å². The summed E-state index contributed by atoms with van der Waals surface area (Å²) in [7, 11) is -2.35. The summed E-state index contributed by atoms with van der Waals surface area (Å²) in [5.74, 6) is -1.57. The zero-order valence-corrected chi connectivity index (χ0v) is 19.0. The number of rotatable bonds is 9. The van der Waals surface area contributed by atoms with Crippen LogP contribution in [0.1, 0.15) is 26.3 Å². The first-order chi connectivity index (χ1) is 13.5. The third-order valence-corrected chi connectivity index (χ3v) is 5.99. The number of esters is 1. The van der Waals surface area contributed by atoms with Gasteiger partial charge in [-0.3, -0.25) is 19.5 Å². The molecule has 0 radical (unpaired) electrons. The number of ether oxygens (including phenoxy) is 2. The molecule has 0 aromatic heterocycles. The normalized spacial score (nSPS) is 14.9. The molecule has 2 atom stereocenters. The van der Waals surface area contributed by atoms with Gasteiger partial charge in [0.1, 0.15) is 12.4 Å². The van der Waals surface area contributed by atoms with E-state index in [2.05, 4.69) is 15.2 Å². The van der Waals surface area contributed by atoms with Gasteiger partial charge in [0.2, 0.25) is 11.9 Å². The zero-order valence-electron chi connectivity index (χ0n) is 16.6. The van der Waals surface area contributed by atoms with Crippen LogP contribution in [0.25, 0.3) is 0 Å². The number of nitrogens with zero attached hydrogens (tertiary/aromatic N) is 1. The highest BCUT2D eigenvalue weighted by molar-refractivity contribution is 7.60. The molecule has 0 aliphatic heterocycles. The Labute approximate surface area is 179 Å². The fourth-order valence-electron chi connectivity index (χ4n) is 2.21. The van der Waals surface area contributed by atoms with Gasteiger partial charge >= 0.3 is 5.97 Å². The maximum absolute atomic E-state index is 13.0. The number of nitrogens with one attached hydrogen (secondary N) is 2. The Morgan fingerprint density at radius 1 is 1.24 bits per heavy atom. The van der Waals surface area contributed by atoms with E-state index in [-0.39, 0.29) is 18.9 Å². The summed E-state index contributed by atoms with van der Waals surface area (Å²) in [5, 5.41) is 5.54. The zero-order chi connectivity index (χ0) is 22.2. The second-order valence-corrected chi connectivity index (χ2v) is 9.30. The van der Waals surface area contributed by atoms with Crippen molar-refractivity contribution in [3.05, 3.63) is 33.8 Å². The predicted octanol–water partition coefficient (Wildman–Crippen LogP) is 2.69. The summed E-state index contributed by atoms with van der Waals surface area (Å²) in [5.41, 5.74) is 6.14. The highest BCUT2D eigenvalue weighted by Gasteiger charge is 2.28. The minimum atomic E-state index is -3.66. The molecule has 1 aromatic rings. The molecule has 1 unspecified atom stereocenters. The van der Waals surface area contributed by atoms with Gasteiger partial charge < -0.3 is 15.2 Å². The number of nitrogens with two attached hydrogens (primary N) is 1. The maximum atomic E-state index is 13.0. The van der Waals surface area contributed by atoms with Crippen LogP contribution in [0.2, 0.25) is 10.0 Å². The van der Waals surface area contributed by atoms with Crippen LogP contribution in [0, 0.1) is 0 Å². The molecule has 1 rings (SSSR count). The number of benzene rings is 1. The molecule has 0 heterocycles. The lowest BCUT2D eigenvalue weighted by atomic mass is 10.1. The number of halogens is 2. The molecule has 0 fully saturated rings. The predicted molar refractivity (Wildman–Crippen MR) is 113 cm³/mol. The van der Waals surface area contributed by atoms with E-state index in [1.54, 1.807) is 32.0 Å². The van der Waals surface area contributed by atoms with Crippen LogP contribution in [0.5, 0.6) is 0 Å². The van der Waals surface area contributed by atoms with E-state index in [0.717, 1.165) is 0 Å². The molecule has 0 spiro atoms. The lowest BCUT2D eigenvalue weighted by Crippen LogP contribution is -2.39. The van der Waals surface area contributed by atoms with Gasteiger partial charge in [-0.2, -0.15) is 4.76 Å². The van der Waals surface area contributed by atoms with Crippen molar-refractivity contribution in [2.75, 3.05) is 13.5 Å². The van der Waals surface area contributed by atoms with Crippen molar-refractivity contribution in [3.63, 3.8) is 0 Å². The molecule has 0 saturated heterocycles. The Kier molecular flexibility index (Phi) is 10.1. The summed E-state index contributed by atoms with van der Waals surface area (Å²) in [6.07, 6.45) is -0.842. The first kappa shape index (κ1) is 25.4. The minimum absolute atomic E-state index is 0.159. The third kappa shape index (κ3) is 8.72. The lowest BCUT2D eigenvalue weighted by molar-refractivity contribution is -0.149. The summed E-state index contributed by atoms with van der Waals surface area (Å²) in [6.45, 7) is 4.85. The van der Waals surface area contributed by atoms with Crippen molar-refractivity contribution < 1.29 is 23.6 Å². The molecule has 0 bridgehead atoms. The number of methoxy groups -OCH3 is 1. The van der Waals surface area contributed by atoms with Gasteiger partial charge in [-0.1, -0.05) is 29.3 Å². The van der Waals surface area contributed by atoms with Gasteiger partial charge in [0.25, 0.3) is 7.44 Å². The van der Waals surface area contributed by atoms with Crippen LogP contribution in [-0.2, 0) is 30.0 Å². The first-order valence-electron chi connectivity index (χ1n) is 8.62. The highest BCUT2D eigenvalue weighted by atomic mass is 35.5. The summed E-state index contributed by atoms with van der Waals surface area (Å²) in [6, 6.07) is 3.91. The Morgan fingerprint density at radius 2 is 1.83 bits per heavy atom. The van der Waals surface area contributed by atoms with Crippen molar-refractivity contribution in [2.24, 2.45) is 10.5 Å². The Bertz CT molecular complexity index is 799. The smallest absolute Gasteiger partial charge is 0.323 e. The van der Waals surface area contributed by atoms with E-state index in [1.807, 2.05) is 0 Å². The van der Waals surface area contributed by atoms with Crippen molar-refractivity contribution in [1.82, 2.24) is 10.4 Å². The Morgan fingerprint density at radius 3 is 2.34 bits per heavy atom. The average Bonchev–Trinajstić information content (AvgIpc) is 2.57. The number of guanidine groups is 1. The van der Waals surface area contributed by atoms with Gasteiger partial charge in [0, 0.05) is 17.2 Å². The van der Waals surface area contributed by atoms with E-state index in [4.69, 9.17) is 38.4 Å². The molecule has 29 heavy (non-hydrogen) atoms. The van der Waals surface area contributed by atoms with Gasteiger partial charge in [-0.15, -0.1) is 0 Å². The Hall–Kier alpha value is -1.64. The topological polar surface area (TPSA) is 132 Å². The largest absolute Gasteiger partial charge is 0.462 e. The molecule has 9 nitrogen and oxygen atoms in total. The SMILES string of the molecule is COCP(=O)(N=C(N)NC(=O)Cc1c(Cl)cccc1Cl)N[C@@H](C)C(=O)OC(C)C. The molecule has 4 N–H and O–H groups in total. The fraction of sp³-hybridized carbons (Fsp3) is 0.471. The lowest BCUT2D eigenvalue weighted by Gasteiger charge is -2.20. The van der Waals surface area contributed by atoms with E-state index >= 15 is 0 Å². The van der Waals surface area contributed by atoms with Gasteiger partial charge in [-0.05, 0) is 38.5 Å². The van der Waals surface area contributed by atoms with E-state index in [1.165, 1.54) is 14.0 Å². The Balaban J connectivity index is 2.87. The molecule has 1 aromatic carbocycles. The minimum Gasteiger partial charge on any atom is -0.462 e. The van der Waals surface area contributed by atoms with E-state index < -0.39 is 31.3 Å². The van der Waals surface area contributed by atoms with Gasteiger partial charge in [0.05, 0.1) is 12.5 Å². The summed E-state index contributed by atoms with van der Waals surface area (Å²) in [4.78, 5) is 24.2. The maximum Gasteiger partial charge on any atom is 0.323 e. The van der Waals surface area contributed by atoms with Crippen LogP contribution in [0.3, 0.4) is 0 Å². The molecule has 162 valence electrons. The number of hydrogen-bond donors (Lipinski definition) is 3. The van der Waals surface area contributed by atoms with Gasteiger partial charge in [0.15, 0.2) is 0 Å². The summed E-state index contributed by atoms with van der Waals surface area (Å²) < 4.78 is 26.8. The van der Waals surface area contributed by atoms with Crippen molar-refractivity contribution in [2.45, 2.75) is 39.3 Å². The first-order valence-corrected chi connectivity index (χ1v) is 11.2. The van der Waals surface area contributed by atoms with Crippen LogP contribution >= 0.6 is 30.6 Å². The molecule has 1 amide bonds. The number of amides is 1. The van der Waals surface area contributed by atoms with Crippen molar-refractivity contribution >= 4 is 48.5 Å². The quantitative estimate of drug-likeness (QED) is 0.220. The fourth-order valence-corrected chi connectivity index (χ4v) is 4.39.